The normalized spacial score (nSPS) is 33.5. The average Bonchev–Trinajstić information content (AvgIpc) is 2.47. The molecule has 1 saturated heterocycles. The van der Waals surface area contributed by atoms with Gasteiger partial charge < -0.3 is 14.6 Å². The molecule has 3 atom stereocenters. The van der Waals surface area contributed by atoms with E-state index >= 15 is 0 Å². The van der Waals surface area contributed by atoms with Crippen molar-refractivity contribution in [2.24, 2.45) is 5.41 Å². The predicted octanol–water partition coefficient (Wildman–Crippen LogP) is 4.21. The zero-order valence-electron chi connectivity index (χ0n) is 14.7. The molecule has 0 spiro atoms. The third-order valence-electron chi connectivity index (χ3n) is 4.69. The summed E-state index contributed by atoms with van der Waals surface area (Å²) in [4.78, 5) is 12.0. The van der Waals surface area contributed by atoms with Gasteiger partial charge in [0.2, 0.25) is 11.7 Å². The summed E-state index contributed by atoms with van der Waals surface area (Å²) in [7, 11) is 0. The quantitative estimate of drug-likeness (QED) is 0.530. The van der Waals surface area contributed by atoms with Crippen molar-refractivity contribution in [1.29, 1.82) is 0 Å². The van der Waals surface area contributed by atoms with Gasteiger partial charge in [0.05, 0.1) is 5.41 Å². The minimum absolute atomic E-state index is 0.248. The van der Waals surface area contributed by atoms with Gasteiger partial charge in [-0.15, -0.1) is 0 Å². The van der Waals surface area contributed by atoms with E-state index in [-0.39, 0.29) is 6.42 Å². The van der Waals surface area contributed by atoms with E-state index in [0.717, 1.165) is 13.8 Å². The van der Waals surface area contributed by atoms with Gasteiger partial charge in [-0.2, -0.15) is 43.9 Å². The fourth-order valence-corrected chi connectivity index (χ4v) is 2.22. The van der Waals surface area contributed by atoms with Crippen LogP contribution in [0.4, 0.5) is 43.9 Å². The molecule has 1 heterocycles. The monoisotopic (exact) mass is 438 g/mol. The first kappa shape index (κ1) is 24.7. The van der Waals surface area contributed by atoms with Crippen molar-refractivity contribution in [2.75, 3.05) is 0 Å². The Bertz CT molecular complexity index is 627. The Kier molecular flexibility index (Phi) is 5.60. The van der Waals surface area contributed by atoms with E-state index in [1.54, 1.807) is 0 Å². The van der Waals surface area contributed by atoms with E-state index in [0.29, 0.717) is 0 Å². The molecular formula is C14H16F10O4. The van der Waals surface area contributed by atoms with E-state index in [1.165, 1.54) is 6.92 Å². The molecule has 1 aliphatic heterocycles. The van der Waals surface area contributed by atoms with Crippen molar-refractivity contribution < 1.29 is 63.3 Å². The summed E-state index contributed by atoms with van der Waals surface area (Å²) >= 11 is 0. The van der Waals surface area contributed by atoms with Gasteiger partial charge in [-0.25, -0.2) is 0 Å². The predicted molar refractivity (Wildman–Crippen MR) is 70.4 cm³/mol. The Morgan fingerprint density at radius 2 is 1.50 bits per heavy atom. The van der Waals surface area contributed by atoms with E-state index in [1.807, 2.05) is 0 Å². The Labute approximate surface area is 151 Å². The van der Waals surface area contributed by atoms with E-state index in [4.69, 9.17) is 0 Å². The smallest absolute Gasteiger partial charge is 0.446 e. The molecule has 1 rings (SSSR count). The van der Waals surface area contributed by atoms with Gasteiger partial charge in [0.25, 0.3) is 0 Å². The second kappa shape index (κ2) is 6.34. The van der Waals surface area contributed by atoms with Gasteiger partial charge in [-0.05, 0) is 27.2 Å². The molecule has 3 unspecified atom stereocenters. The molecule has 0 bridgehead atoms. The molecule has 1 fully saturated rings. The number of hydrogen-bond donors (Lipinski definition) is 1. The minimum atomic E-state index is -6.66. The van der Waals surface area contributed by atoms with Crippen LogP contribution in [0, 0.1) is 5.41 Å². The average molecular weight is 438 g/mol. The highest BCUT2D eigenvalue weighted by Gasteiger charge is 2.91. The number of esters is 1. The Balaban J connectivity index is 3.79. The number of rotatable bonds is 3. The number of hydrogen-bond acceptors (Lipinski definition) is 4. The summed E-state index contributed by atoms with van der Waals surface area (Å²) in [5, 5.41) is 9.29. The maximum Gasteiger partial charge on any atom is 0.449 e. The number of carbonyl (C=O) groups excluding carboxylic acids is 1. The van der Waals surface area contributed by atoms with Crippen LogP contribution in [0.1, 0.15) is 34.1 Å². The summed E-state index contributed by atoms with van der Waals surface area (Å²) in [5.74, 6) is -20.1. The Morgan fingerprint density at radius 3 is 1.82 bits per heavy atom. The van der Waals surface area contributed by atoms with Gasteiger partial charge in [-0.3, -0.25) is 4.79 Å². The highest BCUT2D eigenvalue weighted by atomic mass is 19.4. The Morgan fingerprint density at radius 1 is 1.07 bits per heavy atom. The summed E-state index contributed by atoms with van der Waals surface area (Å²) < 4.78 is 142. The number of carbonyl (C=O) groups is 1. The molecule has 166 valence electrons. The van der Waals surface area contributed by atoms with Crippen molar-refractivity contribution in [3.63, 3.8) is 0 Å². The Hall–Kier alpha value is -1.31. The lowest BCUT2D eigenvalue weighted by atomic mass is 9.78. The van der Waals surface area contributed by atoms with E-state index in [9.17, 15) is 53.8 Å². The summed E-state index contributed by atoms with van der Waals surface area (Å²) in [6.07, 6.45) is -18.1. The van der Waals surface area contributed by atoms with Gasteiger partial charge in [0.15, 0.2) is 0 Å². The maximum atomic E-state index is 14.5. The second-order valence-corrected chi connectivity index (χ2v) is 7.04. The van der Waals surface area contributed by atoms with E-state index in [2.05, 4.69) is 9.47 Å². The van der Waals surface area contributed by atoms with Gasteiger partial charge >= 0.3 is 36.0 Å². The van der Waals surface area contributed by atoms with Crippen molar-refractivity contribution >= 4 is 5.97 Å². The lowest BCUT2D eigenvalue weighted by Crippen LogP contribution is -2.83. The van der Waals surface area contributed by atoms with Crippen LogP contribution < -0.4 is 0 Å². The van der Waals surface area contributed by atoms with Crippen LogP contribution in [-0.2, 0) is 14.3 Å². The molecule has 0 radical (unpaired) electrons. The van der Waals surface area contributed by atoms with Crippen molar-refractivity contribution in [3.8, 4) is 0 Å². The minimum Gasteiger partial charge on any atom is -0.446 e. The number of alkyl halides is 10. The fourth-order valence-electron chi connectivity index (χ4n) is 2.22. The summed E-state index contributed by atoms with van der Waals surface area (Å²) in [5.41, 5.74) is -6.89. The lowest BCUT2D eigenvalue weighted by molar-refractivity contribution is -0.530. The van der Waals surface area contributed by atoms with Gasteiger partial charge in [-0.1, -0.05) is 6.92 Å². The molecule has 4 nitrogen and oxygen atoms in total. The van der Waals surface area contributed by atoms with Gasteiger partial charge in [0, 0.05) is 0 Å². The van der Waals surface area contributed by atoms with Crippen LogP contribution in [0.15, 0.2) is 0 Å². The van der Waals surface area contributed by atoms with Crippen LogP contribution >= 0.6 is 0 Å². The SMILES string of the molecule is CCC(C)(C)C(=O)OC1(C)C(F)(F)C(C(F)(F)F)OC(O)(C(F)(F)F)C1(F)F. The first-order valence-corrected chi connectivity index (χ1v) is 7.55. The number of aliphatic hydroxyl groups is 1. The van der Waals surface area contributed by atoms with Gasteiger partial charge in [0.1, 0.15) is 0 Å². The molecule has 0 amide bonds. The molecule has 14 heteroatoms. The van der Waals surface area contributed by atoms with Crippen molar-refractivity contribution in [3.05, 3.63) is 0 Å². The first-order chi connectivity index (χ1) is 12.0. The molecule has 0 saturated carbocycles. The molecule has 0 aromatic heterocycles. The summed E-state index contributed by atoms with van der Waals surface area (Å²) in [6, 6.07) is 0. The highest BCUT2D eigenvalue weighted by molar-refractivity contribution is 5.76. The highest BCUT2D eigenvalue weighted by Crippen LogP contribution is 2.62. The van der Waals surface area contributed by atoms with Crippen molar-refractivity contribution in [1.82, 2.24) is 0 Å². The third-order valence-corrected chi connectivity index (χ3v) is 4.69. The van der Waals surface area contributed by atoms with E-state index < -0.39 is 60.0 Å². The zero-order valence-corrected chi connectivity index (χ0v) is 14.7. The fraction of sp³-hybridized carbons (Fsp3) is 0.929. The topological polar surface area (TPSA) is 55.8 Å². The molecule has 1 N–H and O–H groups in total. The van der Waals surface area contributed by atoms with Crippen molar-refractivity contribution in [2.45, 2.75) is 75.8 Å². The molecule has 1 aliphatic rings. The molecular weight excluding hydrogens is 422 g/mol. The largest absolute Gasteiger partial charge is 0.449 e. The zero-order chi connectivity index (χ0) is 22.8. The first-order valence-electron chi connectivity index (χ1n) is 7.55. The standard InChI is InChI=1S/C14H16F10O4/c1-5-8(2,3)7(25)28-9(4)10(15,16)6(11(17,18)19)27-13(26,12(9,20)21)14(22,23)24/h6,26H,5H2,1-4H3. The maximum absolute atomic E-state index is 14.5. The molecule has 28 heavy (non-hydrogen) atoms. The molecule has 0 aromatic rings. The lowest BCUT2D eigenvalue weighted by Gasteiger charge is -2.55. The van der Waals surface area contributed by atoms with Crippen LogP contribution in [0.2, 0.25) is 0 Å². The molecule has 0 aromatic carbocycles. The summed E-state index contributed by atoms with van der Waals surface area (Å²) in [6.45, 7) is 2.69. The number of ether oxygens (including phenoxy) is 2. The number of halogens is 10. The third kappa shape index (κ3) is 3.21. The van der Waals surface area contributed by atoms with Crippen LogP contribution in [0.5, 0.6) is 0 Å². The van der Waals surface area contributed by atoms with Crippen LogP contribution in [-0.4, -0.2) is 52.8 Å². The van der Waals surface area contributed by atoms with Crippen LogP contribution in [0.3, 0.4) is 0 Å². The van der Waals surface area contributed by atoms with Crippen LogP contribution in [0.25, 0.3) is 0 Å². The molecule has 0 aliphatic carbocycles. The second-order valence-electron chi connectivity index (χ2n) is 7.04.